The van der Waals surface area contributed by atoms with Gasteiger partial charge in [0.25, 0.3) is 0 Å². The Kier molecular flexibility index (Phi) is 3.64. The van der Waals surface area contributed by atoms with E-state index in [0.29, 0.717) is 33.6 Å². The second-order valence-corrected chi connectivity index (χ2v) is 4.68. The topological polar surface area (TPSA) is 73.3 Å². The van der Waals surface area contributed by atoms with Crippen molar-refractivity contribution in [2.45, 2.75) is 6.61 Å². The molecule has 0 atom stereocenters. The number of ether oxygens (including phenoxy) is 1. The molecule has 0 fully saturated rings. The van der Waals surface area contributed by atoms with E-state index in [2.05, 4.69) is 10.3 Å². The molecule has 1 aromatic carbocycles. The van der Waals surface area contributed by atoms with Crippen molar-refractivity contribution in [3.05, 3.63) is 47.3 Å². The molecule has 1 N–H and O–H groups in total. The minimum Gasteiger partial charge on any atom is -0.494 e. The summed E-state index contributed by atoms with van der Waals surface area (Å²) in [5.41, 5.74) is 1.58. The van der Waals surface area contributed by atoms with Crippen LogP contribution in [-0.2, 0) is 6.61 Å². The molecule has 0 bridgehead atoms. The fourth-order valence-electron chi connectivity index (χ4n) is 2.08. The Hall–Kier alpha value is -2.31. The summed E-state index contributed by atoms with van der Waals surface area (Å²) in [4.78, 5) is 0. The first-order valence-electron chi connectivity index (χ1n) is 6.18. The van der Waals surface area contributed by atoms with E-state index < -0.39 is 0 Å². The van der Waals surface area contributed by atoms with Crippen LogP contribution < -0.4 is 4.74 Å². The van der Waals surface area contributed by atoms with Crippen LogP contribution in [0.1, 0.15) is 5.69 Å². The first kappa shape index (κ1) is 13.7. The molecule has 3 rings (SSSR count). The molecule has 0 aliphatic rings. The highest BCUT2D eigenvalue weighted by atomic mass is 35.5. The normalized spacial score (nSPS) is 10.8. The molecule has 2 heterocycles. The van der Waals surface area contributed by atoms with Gasteiger partial charge in [0.1, 0.15) is 22.8 Å². The van der Waals surface area contributed by atoms with Crippen molar-refractivity contribution in [3.63, 3.8) is 0 Å². The van der Waals surface area contributed by atoms with Crippen LogP contribution in [0.2, 0.25) is 5.02 Å². The Morgan fingerprint density at radius 2 is 2.24 bits per heavy atom. The number of furan rings is 1. The molecule has 7 heteroatoms. The van der Waals surface area contributed by atoms with E-state index in [0.717, 1.165) is 0 Å². The predicted octanol–water partition coefficient (Wildman–Crippen LogP) is 2.68. The van der Waals surface area contributed by atoms with Gasteiger partial charge in [-0.1, -0.05) is 16.8 Å². The van der Waals surface area contributed by atoms with E-state index >= 15 is 0 Å². The molecule has 3 aromatic rings. The molecule has 0 spiro atoms. The van der Waals surface area contributed by atoms with Crippen LogP contribution in [0.3, 0.4) is 0 Å². The molecule has 0 saturated carbocycles. The van der Waals surface area contributed by atoms with Gasteiger partial charge in [-0.15, -0.1) is 5.10 Å². The van der Waals surface area contributed by atoms with E-state index in [1.807, 2.05) is 0 Å². The zero-order chi connectivity index (χ0) is 14.8. The first-order chi connectivity index (χ1) is 10.2. The summed E-state index contributed by atoms with van der Waals surface area (Å²) >= 11 is 6.05. The number of halogens is 1. The zero-order valence-corrected chi connectivity index (χ0v) is 11.9. The lowest BCUT2D eigenvalue weighted by Crippen LogP contribution is -2.02. The average molecular weight is 306 g/mol. The number of rotatable bonds is 4. The van der Waals surface area contributed by atoms with E-state index in [9.17, 15) is 5.11 Å². The van der Waals surface area contributed by atoms with Crippen molar-refractivity contribution >= 4 is 11.6 Å². The van der Waals surface area contributed by atoms with Gasteiger partial charge in [0.2, 0.25) is 0 Å². The largest absolute Gasteiger partial charge is 0.494 e. The summed E-state index contributed by atoms with van der Waals surface area (Å²) in [5.74, 6) is 1.13. The van der Waals surface area contributed by atoms with Gasteiger partial charge in [0, 0.05) is 5.02 Å². The van der Waals surface area contributed by atoms with E-state index in [1.54, 1.807) is 43.7 Å². The maximum atomic E-state index is 9.44. The Balaban J connectivity index is 2.24. The van der Waals surface area contributed by atoms with Crippen LogP contribution in [0.5, 0.6) is 5.75 Å². The number of aliphatic hydroxyl groups is 1. The van der Waals surface area contributed by atoms with Gasteiger partial charge < -0.3 is 14.3 Å². The van der Waals surface area contributed by atoms with Crippen LogP contribution in [0.15, 0.2) is 41.0 Å². The van der Waals surface area contributed by atoms with Gasteiger partial charge in [-0.2, -0.15) is 0 Å². The SMILES string of the molecule is COc1ccc(Cl)cc1-n1nnc(CO)c1-c1ccco1. The monoisotopic (exact) mass is 305 g/mol. The van der Waals surface area contributed by atoms with Gasteiger partial charge in [0.15, 0.2) is 5.76 Å². The molecule has 0 amide bonds. The Labute approximate surface area is 125 Å². The summed E-state index contributed by atoms with van der Waals surface area (Å²) in [6, 6.07) is 8.70. The second kappa shape index (κ2) is 5.59. The number of benzene rings is 1. The standard InChI is InChI=1S/C14H12ClN3O3/c1-20-12-5-4-9(15)7-11(12)18-14(10(8-19)16-17-18)13-3-2-6-21-13/h2-7,19H,8H2,1H3. The van der Waals surface area contributed by atoms with Crippen molar-refractivity contribution in [2.75, 3.05) is 7.11 Å². The van der Waals surface area contributed by atoms with E-state index in [1.165, 1.54) is 4.68 Å². The lowest BCUT2D eigenvalue weighted by atomic mass is 10.2. The Morgan fingerprint density at radius 3 is 2.90 bits per heavy atom. The molecular formula is C14H12ClN3O3. The third kappa shape index (κ3) is 2.39. The van der Waals surface area contributed by atoms with Gasteiger partial charge >= 0.3 is 0 Å². The number of aromatic nitrogens is 3. The Bertz CT molecular complexity index is 753. The Morgan fingerprint density at radius 1 is 1.38 bits per heavy atom. The maximum absolute atomic E-state index is 9.44. The highest BCUT2D eigenvalue weighted by Crippen LogP contribution is 2.31. The molecular weight excluding hydrogens is 294 g/mol. The van der Waals surface area contributed by atoms with Crippen LogP contribution in [0.4, 0.5) is 0 Å². The molecule has 0 aliphatic carbocycles. The van der Waals surface area contributed by atoms with Gasteiger partial charge in [0.05, 0.1) is 20.0 Å². The number of hydrogen-bond donors (Lipinski definition) is 1. The minimum absolute atomic E-state index is 0.251. The van der Waals surface area contributed by atoms with Crippen molar-refractivity contribution in [2.24, 2.45) is 0 Å². The summed E-state index contributed by atoms with van der Waals surface area (Å²) in [5, 5.41) is 18.0. The van der Waals surface area contributed by atoms with Crippen molar-refractivity contribution in [1.29, 1.82) is 0 Å². The lowest BCUT2D eigenvalue weighted by Gasteiger charge is -2.10. The molecule has 0 radical (unpaired) electrons. The number of aliphatic hydroxyl groups excluding tert-OH is 1. The predicted molar refractivity (Wildman–Crippen MR) is 76.5 cm³/mol. The molecule has 21 heavy (non-hydrogen) atoms. The fraction of sp³-hybridized carbons (Fsp3) is 0.143. The summed E-state index contributed by atoms with van der Waals surface area (Å²) < 4.78 is 12.3. The summed E-state index contributed by atoms with van der Waals surface area (Å²) in [6.45, 7) is -0.251. The molecule has 108 valence electrons. The maximum Gasteiger partial charge on any atom is 0.154 e. The van der Waals surface area contributed by atoms with Crippen molar-refractivity contribution in [1.82, 2.24) is 15.0 Å². The molecule has 6 nitrogen and oxygen atoms in total. The van der Waals surface area contributed by atoms with Crippen LogP contribution in [-0.4, -0.2) is 27.2 Å². The van der Waals surface area contributed by atoms with Crippen molar-refractivity contribution in [3.8, 4) is 22.9 Å². The number of hydrogen-bond acceptors (Lipinski definition) is 5. The van der Waals surface area contributed by atoms with E-state index in [4.69, 9.17) is 20.8 Å². The molecule has 0 aliphatic heterocycles. The number of methoxy groups -OCH3 is 1. The third-order valence-corrected chi connectivity index (χ3v) is 3.25. The van der Waals surface area contributed by atoms with Crippen LogP contribution in [0, 0.1) is 0 Å². The third-order valence-electron chi connectivity index (χ3n) is 3.01. The summed E-state index contributed by atoms with van der Waals surface area (Å²) in [7, 11) is 1.56. The van der Waals surface area contributed by atoms with E-state index in [-0.39, 0.29) is 6.61 Å². The molecule has 0 saturated heterocycles. The first-order valence-corrected chi connectivity index (χ1v) is 6.55. The lowest BCUT2D eigenvalue weighted by molar-refractivity contribution is 0.277. The summed E-state index contributed by atoms with van der Waals surface area (Å²) in [6.07, 6.45) is 1.54. The molecule has 2 aromatic heterocycles. The van der Waals surface area contributed by atoms with Crippen LogP contribution >= 0.6 is 11.6 Å². The fourth-order valence-corrected chi connectivity index (χ4v) is 2.24. The highest BCUT2D eigenvalue weighted by molar-refractivity contribution is 6.30. The zero-order valence-electron chi connectivity index (χ0n) is 11.2. The van der Waals surface area contributed by atoms with Crippen molar-refractivity contribution < 1.29 is 14.3 Å². The second-order valence-electron chi connectivity index (χ2n) is 4.25. The average Bonchev–Trinajstić information content (AvgIpc) is 3.15. The van der Waals surface area contributed by atoms with Gasteiger partial charge in [-0.05, 0) is 30.3 Å². The number of nitrogens with zero attached hydrogens (tertiary/aromatic N) is 3. The van der Waals surface area contributed by atoms with Gasteiger partial charge in [-0.3, -0.25) is 0 Å². The van der Waals surface area contributed by atoms with Crippen LogP contribution in [0.25, 0.3) is 17.1 Å². The quantitative estimate of drug-likeness (QED) is 0.802. The minimum atomic E-state index is -0.251. The smallest absolute Gasteiger partial charge is 0.154 e. The highest BCUT2D eigenvalue weighted by Gasteiger charge is 2.20. The van der Waals surface area contributed by atoms with Gasteiger partial charge in [-0.25, -0.2) is 4.68 Å². The molecule has 0 unspecified atom stereocenters.